The third kappa shape index (κ3) is 1.53. The number of phenolic OH excluding ortho intramolecular Hbond substituents is 1. The van der Waals surface area contributed by atoms with Crippen molar-refractivity contribution in [2.45, 2.75) is 31.8 Å². The summed E-state index contributed by atoms with van der Waals surface area (Å²) in [5.41, 5.74) is 2.54. The molecule has 0 radical (unpaired) electrons. The van der Waals surface area contributed by atoms with E-state index < -0.39 is 5.54 Å². The summed E-state index contributed by atoms with van der Waals surface area (Å²) in [6.07, 6.45) is 2.65. The van der Waals surface area contributed by atoms with E-state index in [0.717, 1.165) is 23.4 Å². The molecule has 0 unspecified atom stereocenters. The molecule has 0 saturated heterocycles. The normalized spacial score (nSPS) is 26.9. The highest BCUT2D eigenvalue weighted by atomic mass is 16.3. The van der Waals surface area contributed by atoms with Crippen LogP contribution >= 0.6 is 0 Å². The molecule has 2 heterocycles. The first-order chi connectivity index (χ1) is 8.61. The van der Waals surface area contributed by atoms with Crippen LogP contribution < -0.4 is 5.32 Å². The van der Waals surface area contributed by atoms with Gasteiger partial charge in [-0.1, -0.05) is 18.2 Å². The Morgan fingerprint density at radius 3 is 2.94 bits per heavy atom. The van der Waals surface area contributed by atoms with E-state index in [0.29, 0.717) is 11.8 Å². The number of H-pyrrole nitrogens is 1. The zero-order valence-corrected chi connectivity index (χ0v) is 10.6. The van der Waals surface area contributed by atoms with Crippen molar-refractivity contribution in [1.29, 1.82) is 0 Å². The number of fused-ring (bicyclic) bond motifs is 1. The first kappa shape index (κ1) is 11.3. The Kier molecular flexibility index (Phi) is 2.41. The van der Waals surface area contributed by atoms with Gasteiger partial charge in [0.15, 0.2) is 0 Å². The molecule has 1 aliphatic heterocycles. The first-order valence-electron chi connectivity index (χ1n) is 6.20. The van der Waals surface area contributed by atoms with E-state index in [1.165, 1.54) is 0 Å². The van der Waals surface area contributed by atoms with E-state index >= 15 is 0 Å². The van der Waals surface area contributed by atoms with Gasteiger partial charge in [-0.2, -0.15) is 0 Å². The first-order valence-corrected chi connectivity index (χ1v) is 6.20. The predicted molar refractivity (Wildman–Crippen MR) is 69.5 cm³/mol. The molecule has 0 bridgehead atoms. The fourth-order valence-electron chi connectivity index (χ4n) is 2.93. The standard InChI is InChI=1S/C14H17N3O/c1-9-7-11-13(16-8-15-11)14(2,17-9)10-5-3-4-6-12(10)18/h3-6,8-9,17-18H,7H2,1-2H3,(H,15,16)/t9-,14-/m0/s1. The maximum Gasteiger partial charge on any atom is 0.121 e. The summed E-state index contributed by atoms with van der Waals surface area (Å²) in [5.74, 6) is 0.301. The van der Waals surface area contributed by atoms with Crippen molar-refractivity contribution in [2.75, 3.05) is 0 Å². The van der Waals surface area contributed by atoms with Gasteiger partial charge in [-0.3, -0.25) is 5.32 Å². The number of rotatable bonds is 1. The number of phenols is 1. The van der Waals surface area contributed by atoms with Crippen LogP contribution in [0.5, 0.6) is 5.75 Å². The summed E-state index contributed by atoms with van der Waals surface area (Å²) in [7, 11) is 0. The van der Waals surface area contributed by atoms with Crippen LogP contribution in [0.3, 0.4) is 0 Å². The molecule has 94 valence electrons. The number of imidazole rings is 1. The summed E-state index contributed by atoms with van der Waals surface area (Å²) in [6.45, 7) is 4.21. The second-order valence-electron chi connectivity index (χ2n) is 5.12. The Bertz CT molecular complexity index is 578. The van der Waals surface area contributed by atoms with Gasteiger partial charge < -0.3 is 10.1 Å². The fourth-order valence-corrected chi connectivity index (χ4v) is 2.93. The number of aromatic amines is 1. The Morgan fingerprint density at radius 1 is 1.39 bits per heavy atom. The average Bonchev–Trinajstić information content (AvgIpc) is 2.78. The molecule has 18 heavy (non-hydrogen) atoms. The zero-order valence-electron chi connectivity index (χ0n) is 10.6. The van der Waals surface area contributed by atoms with Crippen LogP contribution in [0.15, 0.2) is 30.6 Å². The van der Waals surface area contributed by atoms with Crippen molar-refractivity contribution < 1.29 is 5.11 Å². The van der Waals surface area contributed by atoms with Crippen LogP contribution in [0.1, 0.15) is 30.8 Å². The molecule has 0 saturated carbocycles. The molecule has 2 atom stereocenters. The van der Waals surface area contributed by atoms with E-state index in [4.69, 9.17) is 0 Å². The number of para-hydroxylation sites is 1. The Morgan fingerprint density at radius 2 is 2.17 bits per heavy atom. The highest BCUT2D eigenvalue weighted by molar-refractivity contribution is 5.45. The number of hydrogen-bond donors (Lipinski definition) is 3. The topological polar surface area (TPSA) is 60.9 Å². The number of aromatic hydroxyl groups is 1. The second-order valence-corrected chi connectivity index (χ2v) is 5.12. The van der Waals surface area contributed by atoms with Crippen molar-refractivity contribution in [1.82, 2.24) is 15.3 Å². The quantitative estimate of drug-likeness (QED) is 0.717. The highest BCUT2D eigenvalue weighted by Gasteiger charge is 2.39. The number of aromatic nitrogens is 2. The van der Waals surface area contributed by atoms with E-state index in [-0.39, 0.29) is 0 Å². The van der Waals surface area contributed by atoms with Gasteiger partial charge in [-0.25, -0.2) is 4.98 Å². The lowest BCUT2D eigenvalue weighted by atomic mass is 9.82. The van der Waals surface area contributed by atoms with Crippen molar-refractivity contribution in [3.05, 3.63) is 47.5 Å². The third-order valence-electron chi connectivity index (χ3n) is 3.68. The van der Waals surface area contributed by atoms with Crippen molar-refractivity contribution in [2.24, 2.45) is 0 Å². The Balaban J connectivity index is 2.19. The second kappa shape index (κ2) is 3.85. The molecule has 1 aliphatic rings. The van der Waals surface area contributed by atoms with E-state index in [1.54, 1.807) is 12.4 Å². The van der Waals surface area contributed by atoms with Crippen LogP contribution in [0, 0.1) is 0 Å². The van der Waals surface area contributed by atoms with Gasteiger partial charge in [-0.05, 0) is 19.9 Å². The number of hydrogen-bond acceptors (Lipinski definition) is 3. The Labute approximate surface area is 106 Å². The van der Waals surface area contributed by atoms with Crippen LogP contribution in [0.4, 0.5) is 0 Å². The summed E-state index contributed by atoms with van der Waals surface area (Å²) in [5, 5.41) is 13.6. The largest absolute Gasteiger partial charge is 0.508 e. The zero-order chi connectivity index (χ0) is 12.8. The smallest absolute Gasteiger partial charge is 0.121 e. The summed E-state index contributed by atoms with van der Waals surface area (Å²) in [4.78, 5) is 7.63. The van der Waals surface area contributed by atoms with Gasteiger partial charge in [0.2, 0.25) is 0 Å². The van der Waals surface area contributed by atoms with Crippen molar-refractivity contribution in [3.63, 3.8) is 0 Å². The van der Waals surface area contributed by atoms with Crippen molar-refractivity contribution in [3.8, 4) is 5.75 Å². The van der Waals surface area contributed by atoms with E-state index in [9.17, 15) is 5.11 Å². The molecular formula is C14H17N3O. The van der Waals surface area contributed by atoms with Gasteiger partial charge in [0.05, 0.1) is 17.6 Å². The number of nitrogens with one attached hydrogen (secondary N) is 2. The van der Waals surface area contributed by atoms with Crippen LogP contribution in [-0.4, -0.2) is 21.1 Å². The SMILES string of the molecule is C[C@H]1Cc2[nH]cnc2[C@](C)(c2ccccc2O)N1. The minimum atomic E-state index is -0.446. The monoisotopic (exact) mass is 243 g/mol. The van der Waals surface area contributed by atoms with E-state index in [1.807, 2.05) is 18.2 Å². The molecule has 3 N–H and O–H groups in total. The van der Waals surface area contributed by atoms with Gasteiger partial charge in [0.25, 0.3) is 0 Å². The molecule has 3 rings (SSSR count). The van der Waals surface area contributed by atoms with Crippen molar-refractivity contribution >= 4 is 0 Å². The number of nitrogens with zero attached hydrogens (tertiary/aromatic N) is 1. The Hall–Kier alpha value is -1.81. The third-order valence-corrected chi connectivity index (χ3v) is 3.68. The maximum atomic E-state index is 10.1. The lowest BCUT2D eigenvalue weighted by molar-refractivity contribution is 0.330. The average molecular weight is 243 g/mol. The predicted octanol–water partition coefficient (Wildman–Crippen LogP) is 1.91. The summed E-state index contributed by atoms with van der Waals surface area (Å²) in [6, 6.07) is 7.77. The lowest BCUT2D eigenvalue weighted by Gasteiger charge is -2.38. The molecular weight excluding hydrogens is 226 g/mol. The minimum Gasteiger partial charge on any atom is -0.508 e. The molecule has 4 heteroatoms. The molecule has 1 aromatic carbocycles. The molecule has 0 amide bonds. The molecule has 0 fully saturated rings. The van der Waals surface area contributed by atoms with Gasteiger partial charge >= 0.3 is 0 Å². The fraction of sp³-hybridized carbons (Fsp3) is 0.357. The summed E-state index contributed by atoms with van der Waals surface area (Å²) < 4.78 is 0. The lowest BCUT2D eigenvalue weighted by Crippen LogP contribution is -2.50. The molecule has 1 aromatic heterocycles. The molecule has 0 aliphatic carbocycles. The van der Waals surface area contributed by atoms with Gasteiger partial charge in [0.1, 0.15) is 5.75 Å². The van der Waals surface area contributed by atoms with Crippen LogP contribution in [-0.2, 0) is 12.0 Å². The molecule has 0 spiro atoms. The van der Waals surface area contributed by atoms with Crippen LogP contribution in [0.25, 0.3) is 0 Å². The highest BCUT2D eigenvalue weighted by Crippen LogP contribution is 2.38. The summed E-state index contributed by atoms with van der Waals surface area (Å²) >= 11 is 0. The maximum absolute atomic E-state index is 10.1. The minimum absolute atomic E-state index is 0.301. The molecule has 2 aromatic rings. The number of benzene rings is 1. The van der Waals surface area contributed by atoms with Gasteiger partial charge in [-0.15, -0.1) is 0 Å². The molecule has 4 nitrogen and oxygen atoms in total. The van der Waals surface area contributed by atoms with E-state index in [2.05, 4.69) is 29.1 Å². The van der Waals surface area contributed by atoms with Gasteiger partial charge in [0, 0.05) is 23.7 Å². The van der Waals surface area contributed by atoms with Crippen LogP contribution in [0.2, 0.25) is 0 Å².